The first-order chi connectivity index (χ1) is 4.66. The highest BCUT2D eigenvalue weighted by atomic mass is 79.9. The Morgan fingerprint density at radius 1 is 1.60 bits per heavy atom. The van der Waals surface area contributed by atoms with E-state index < -0.39 is 0 Å². The molecule has 56 valence electrons. The summed E-state index contributed by atoms with van der Waals surface area (Å²) in [5.41, 5.74) is 0.772. The fraction of sp³-hybridized carbons (Fsp3) is 0.400. The van der Waals surface area contributed by atoms with Crippen LogP contribution in [0.3, 0.4) is 0 Å². The molecule has 0 fully saturated rings. The minimum atomic E-state index is 0.483. The Balaban J connectivity index is 3.17. The first kappa shape index (κ1) is 8.37. The molecule has 0 amide bonds. The lowest BCUT2D eigenvalue weighted by molar-refractivity contribution is 0.756. The summed E-state index contributed by atoms with van der Waals surface area (Å²) in [6.45, 7) is 0. The molecule has 0 saturated heterocycles. The van der Waals surface area contributed by atoms with E-state index in [1.54, 1.807) is 11.7 Å². The Hall–Kier alpha value is 0.270. The van der Waals surface area contributed by atoms with Gasteiger partial charge in [0.15, 0.2) is 0 Å². The van der Waals surface area contributed by atoms with E-state index in [-0.39, 0.29) is 0 Å². The van der Waals surface area contributed by atoms with Gasteiger partial charge in [-0.3, -0.25) is 4.68 Å². The smallest absolute Gasteiger partial charge is 0.145 e. The van der Waals surface area contributed by atoms with Crippen LogP contribution in [0.1, 0.15) is 5.69 Å². The minimum absolute atomic E-state index is 0.483. The molecule has 1 aromatic rings. The van der Waals surface area contributed by atoms with E-state index in [4.69, 9.17) is 23.2 Å². The van der Waals surface area contributed by atoms with Crippen LogP contribution in [0, 0.1) is 0 Å². The zero-order valence-electron chi connectivity index (χ0n) is 5.24. The van der Waals surface area contributed by atoms with Crippen molar-refractivity contribution >= 4 is 39.1 Å². The predicted molar refractivity (Wildman–Crippen MR) is 45.9 cm³/mol. The highest BCUT2D eigenvalue weighted by Crippen LogP contribution is 2.25. The van der Waals surface area contributed by atoms with Crippen molar-refractivity contribution in [3.05, 3.63) is 15.9 Å². The molecule has 0 saturated carbocycles. The molecule has 0 unspecified atom stereocenters. The molecule has 0 atom stereocenters. The van der Waals surface area contributed by atoms with E-state index in [2.05, 4.69) is 21.0 Å². The van der Waals surface area contributed by atoms with Crippen LogP contribution in [0.4, 0.5) is 0 Å². The summed E-state index contributed by atoms with van der Waals surface area (Å²) in [6.07, 6.45) is 0. The molecule has 0 aliphatic rings. The highest BCUT2D eigenvalue weighted by molar-refractivity contribution is 9.08. The van der Waals surface area contributed by atoms with Gasteiger partial charge in [-0.15, -0.1) is 0 Å². The van der Waals surface area contributed by atoms with Gasteiger partial charge in [-0.25, -0.2) is 0 Å². The van der Waals surface area contributed by atoms with Crippen molar-refractivity contribution in [1.29, 1.82) is 0 Å². The Bertz CT molecular complexity index is 246. The van der Waals surface area contributed by atoms with E-state index in [1.165, 1.54) is 0 Å². The van der Waals surface area contributed by atoms with Gasteiger partial charge in [0, 0.05) is 12.4 Å². The molecule has 1 aromatic heterocycles. The third-order valence-electron chi connectivity index (χ3n) is 1.12. The molecule has 5 heteroatoms. The molecule has 0 bridgehead atoms. The van der Waals surface area contributed by atoms with Crippen molar-refractivity contribution < 1.29 is 0 Å². The Kier molecular flexibility index (Phi) is 2.61. The molecular weight excluding hydrogens is 239 g/mol. The summed E-state index contributed by atoms with van der Waals surface area (Å²) in [7, 11) is 1.75. The maximum Gasteiger partial charge on any atom is 0.145 e. The van der Waals surface area contributed by atoms with Crippen molar-refractivity contribution in [2.24, 2.45) is 7.05 Å². The van der Waals surface area contributed by atoms with Crippen molar-refractivity contribution in [2.75, 3.05) is 0 Å². The molecule has 0 spiro atoms. The zero-order chi connectivity index (χ0) is 7.72. The Labute approximate surface area is 77.2 Å². The number of hydrogen-bond acceptors (Lipinski definition) is 1. The van der Waals surface area contributed by atoms with Crippen LogP contribution in [0.5, 0.6) is 0 Å². The summed E-state index contributed by atoms with van der Waals surface area (Å²) in [5.74, 6) is 0. The van der Waals surface area contributed by atoms with Gasteiger partial charge in [-0.2, -0.15) is 5.10 Å². The molecular formula is C5H5BrCl2N2. The zero-order valence-corrected chi connectivity index (χ0v) is 8.33. The van der Waals surface area contributed by atoms with E-state index in [0.29, 0.717) is 15.5 Å². The van der Waals surface area contributed by atoms with Crippen LogP contribution in [0.2, 0.25) is 10.2 Å². The van der Waals surface area contributed by atoms with Crippen LogP contribution < -0.4 is 0 Å². The summed E-state index contributed by atoms with van der Waals surface area (Å²) < 4.78 is 1.54. The van der Waals surface area contributed by atoms with E-state index in [9.17, 15) is 0 Å². The van der Waals surface area contributed by atoms with Crippen molar-refractivity contribution in [3.8, 4) is 0 Å². The second-order valence-electron chi connectivity index (χ2n) is 1.81. The third kappa shape index (κ3) is 1.31. The van der Waals surface area contributed by atoms with Gasteiger partial charge < -0.3 is 0 Å². The number of nitrogens with zero attached hydrogens (tertiary/aromatic N) is 2. The van der Waals surface area contributed by atoms with Crippen LogP contribution >= 0.6 is 39.1 Å². The number of aromatic nitrogens is 2. The highest BCUT2D eigenvalue weighted by Gasteiger charge is 2.09. The largest absolute Gasteiger partial charge is 0.255 e. The molecule has 0 aromatic carbocycles. The molecule has 0 aliphatic carbocycles. The molecule has 0 aliphatic heterocycles. The fourth-order valence-corrected chi connectivity index (χ4v) is 1.54. The van der Waals surface area contributed by atoms with Gasteiger partial charge in [0.2, 0.25) is 0 Å². The molecule has 0 N–H and O–H groups in total. The average Bonchev–Trinajstić information content (AvgIpc) is 2.17. The van der Waals surface area contributed by atoms with Gasteiger partial charge in [0.25, 0.3) is 0 Å². The second kappa shape index (κ2) is 3.11. The number of halogens is 3. The number of hydrogen-bond donors (Lipinski definition) is 0. The maximum absolute atomic E-state index is 5.77. The molecule has 1 rings (SSSR count). The molecule has 0 radical (unpaired) electrons. The SMILES string of the molecule is Cn1nc(CBr)c(Cl)c1Cl. The predicted octanol–water partition coefficient (Wildman–Crippen LogP) is 2.62. The molecule has 1 heterocycles. The maximum atomic E-state index is 5.77. The summed E-state index contributed by atoms with van der Waals surface area (Å²) in [4.78, 5) is 0. The second-order valence-corrected chi connectivity index (χ2v) is 3.11. The lowest BCUT2D eigenvalue weighted by Crippen LogP contribution is -1.89. The van der Waals surface area contributed by atoms with Gasteiger partial charge >= 0.3 is 0 Å². The Morgan fingerprint density at radius 3 is 2.40 bits per heavy atom. The van der Waals surface area contributed by atoms with Crippen molar-refractivity contribution in [1.82, 2.24) is 9.78 Å². The van der Waals surface area contributed by atoms with E-state index in [0.717, 1.165) is 5.69 Å². The summed E-state index contributed by atoms with van der Waals surface area (Å²) in [5, 5.41) is 5.68. The van der Waals surface area contributed by atoms with Gasteiger partial charge in [-0.05, 0) is 0 Å². The fourth-order valence-electron chi connectivity index (χ4n) is 0.615. The van der Waals surface area contributed by atoms with Gasteiger partial charge in [0.1, 0.15) is 10.2 Å². The molecule has 2 nitrogen and oxygen atoms in total. The van der Waals surface area contributed by atoms with E-state index >= 15 is 0 Å². The standard InChI is InChI=1S/C5H5BrCl2N2/c1-10-5(8)4(7)3(2-6)9-10/h2H2,1H3. The van der Waals surface area contributed by atoms with Crippen molar-refractivity contribution in [2.45, 2.75) is 5.33 Å². The van der Waals surface area contributed by atoms with Crippen LogP contribution in [-0.2, 0) is 12.4 Å². The first-order valence-corrected chi connectivity index (χ1v) is 4.47. The van der Waals surface area contributed by atoms with Crippen LogP contribution in [0.15, 0.2) is 0 Å². The van der Waals surface area contributed by atoms with Crippen LogP contribution in [0.25, 0.3) is 0 Å². The van der Waals surface area contributed by atoms with Crippen molar-refractivity contribution in [3.63, 3.8) is 0 Å². The third-order valence-corrected chi connectivity index (χ3v) is 2.57. The lowest BCUT2D eigenvalue weighted by Gasteiger charge is -1.86. The minimum Gasteiger partial charge on any atom is -0.255 e. The number of alkyl halides is 1. The van der Waals surface area contributed by atoms with Gasteiger partial charge in [0.05, 0.1) is 5.69 Å². The van der Waals surface area contributed by atoms with Gasteiger partial charge in [-0.1, -0.05) is 39.1 Å². The number of aryl methyl sites for hydroxylation is 1. The monoisotopic (exact) mass is 242 g/mol. The summed E-state index contributed by atoms with van der Waals surface area (Å²) >= 11 is 14.7. The van der Waals surface area contributed by atoms with E-state index in [1.807, 2.05) is 0 Å². The normalized spacial score (nSPS) is 10.4. The summed E-state index contributed by atoms with van der Waals surface area (Å²) in [6, 6.07) is 0. The molecule has 10 heavy (non-hydrogen) atoms. The quantitative estimate of drug-likeness (QED) is 0.694. The number of rotatable bonds is 1. The van der Waals surface area contributed by atoms with Crippen LogP contribution in [-0.4, -0.2) is 9.78 Å². The average molecular weight is 244 g/mol. The first-order valence-electron chi connectivity index (χ1n) is 2.59. The lowest BCUT2D eigenvalue weighted by atomic mass is 10.5. The topological polar surface area (TPSA) is 17.8 Å². The Morgan fingerprint density at radius 2 is 2.20 bits per heavy atom.